The summed E-state index contributed by atoms with van der Waals surface area (Å²) in [5.74, 6) is 1.43. The molecular formula is C30H27N3O. The number of benzene rings is 4. The number of fused-ring (bicyclic) bond motifs is 1. The highest BCUT2D eigenvalue weighted by molar-refractivity contribution is 5.87. The second kappa shape index (κ2) is 8.64. The van der Waals surface area contributed by atoms with Gasteiger partial charge in [0.2, 0.25) is 0 Å². The highest BCUT2D eigenvalue weighted by Crippen LogP contribution is 2.34. The van der Waals surface area contributed by atoms with Crippen LogP contribution in [-0.2, 0) is 0 Å². The third-order valence-electron chi connectivity index (χ3n) is 6.31. The summed E-state index contributed by atoms with van der Waals surface area (Å²) in [7, 11) is 0. The Morgan fingerprint density at radius 3 is 1.62 bits per heavy atom. The fourth-order valence-electron chi connectivity index (χ4n) is 3.95. The molecule has 0 unspecified atom stereocenters. The first kappa shape index (κ1) is 21.7. The van der Waals surface area contributed by atoms with E-state index in [-0.39, 0.29) is 0 Å². The van der Waals surface area contributed by atoms with Gasteiger partial charge in [0.15, 0.2) is 0 Å². The Bertz CT molecular complexity index is 1520. The third kappa shape index (κ3) is 4.23. The molecule has 4 aromatic carbocycles. The summed E-state index contributed by atoms with van der Waals surface area (Å²) in [6.45, 7) is 8.50. The Kier molecular flexibility index (Phi) is 5.50. The van der Waals surface area contributed by atoms with Crippen LogP contribution < -0.4 is 10.5 Å². The molecule has 0 aliphatic carbocycles. The minimum absolute atomic E-state index is 0.702. The summed E-state index contributed by atoms with van der Waals surface area (Å²) in [6, 6.07) is 26.1. The van der Waals surface area contributed by atoms with Gasteiger partial charge in [0.25, 0.3) is 0 Å². The predicted octanol–water partition coefficient (Wildman–Crippen LogP) is 7.57. The molecule has 0 saturated heterocycles. The van der Waals surface area contributed by atoms with E-state index in [2.05, 4.69) is 64.1 Å². The summed E-state index contributed by atoms with van der Waals surface area (Å²) in [4.78, 5) is 10.2. The molecular weight excluding hydrogens is 418 g/mol. The van der Waals surface area contributed by atoms with Crippen LogP contribution in [-0.4, -0.2) is 9.97 Å². The van der Waals surface area contributed by atoms with Crippen LogP contribution in [0.5, 0.6) is 11.5 Å². The fraction of sp³-hybridized carbons (Fsp3) is 0.133. The molecule has 5 rings (SSSR count). The van der Waals surface area contributed by atoms with Crippen molar-refractivity contribution in [3.8, 4) is 34.0 Å². The lowest BCUT2D eigenvalue weighted by molar-refractivity contribution is 0.483. The lowest BCUT2D eigenvalue weighted by atomic mass is 9.98. The van der Waals surface area contributed by atoms with Gasteiger partial charge in [-0.25, -0.2) is 9.97 Å². The quantitative estimate of drug-likeness (QED) is 0.290. The first-order chi connectivity index (χ1) is 16.4. The van der Waals surface area contributed by atoms with Crippen molar-refractivity contribution in [1.82, 2.24) is 9.97 Å². The Labute approximate surface area is 200 Å². The van der Waals surface area contributed by atoms with Gasteiger partial charge >= 0.3 is 0 Å². The topological polar surface area (TPSA) is 61.0 Å². The van der Waals surface area contributed by atoms with E-state index >= 15 is 0 Å². The van der Waals surface area contributed by atoms with Crippen LogP contribution in [0.1, 0.15) is 22.3 Å². The molecule has 0 radical (unpaired) electrons. The number of anilines is 1. The van der Waals surface area contributed by atoms with Crippen LogP contribution in [0.15, 0.2) is 78.9 Å². The molecule has 0 saturated carbocycles. The van der Waals surface area contributed by atoms with Gasteiger partial charge in [0, 0.05) is 22.9 Å². The van der Waals surface area contributed by atoms with Crippen molar-refractivity contribution >= 4 is 16.7 Å². The molecule has 168 valence electrons. The molecule has 0 fully saturated rings. The fourth-order valence-corrected chi connectivity index (χ4v) is 3.95. The number of aromatic nitrogens is 2. The number of hydrogen-bond donors (Lipinski definition) is 1. The Balaban J connectivity index is 1.67. The molecule has 0 amide bonds. The molecule has 0 spiro atoms. The zero-order chi connectivity index (χ0) is 23.8. The van der Waals surface area contributed by atoms with E-state index in [9.17, 15) is 0 Å². The molecule has 0 aliphatic heterocycles. The highest BCUT2D eigenvalue weighted by Gasteiger charge is 2.15. The van der Waals surface area contributed by atoms with Crippen LogP contribution in [0.3, 0.4) is 0 Å². The number of rotatable bonds is 4. The molecule has 0 bridgehead atoms. The van der Waals surface area contributed by atoms with Crippen molar-refractivity contribution in [2.24, 2.45) is 0 Å². The van der Waals surface area contributed by atoms with Crippen LogP contribution in [0, 0.1) is 27.7 Å². The van der Waals surface area contributed by atoms with E-state index in [4.69, 9.17) is 20.4 Å². The molecule has 1 heterocycles. The maximum absolute atomic E-state index is 6.04. The summed E-state index contributed by atoms with van der Waals surface area (Å²) in [5.41, 5.74) is 16.9. The average molecular weight is 446 g/mol. The molecule has 2 N–H and O–H groups in total. The largest absolute Gasteiger partial charge is 0.457 e. The highest BCUT2D eigenvalue weighted by atomic mass is 16.5. The number of ether oxygens (including phenoxy) is 1. The molecule has 0 aliphatic rings. The second-order valence-electron chi connectivity index (χ2n) is 8.84. The van der Waals surface area contributed by atoms with Crippen LogP contribution in [0.2, 0.25) is 0 Å². The normalized spacial score (nSPS) is 11.1. The van der Waals surface area contributed by atoms with E-state index < -0.39 is 0 Å². The maximum atomic E-state index is 6.04. The van der Waals surface area contributed by atoms with Gasteiger partial charge in [-0.05, 0) is 98.5 Å². The van der Waals surface area contributed by atoms with E-state index in [0.717, 1.165) is 39.3 Å². The average Bonchev–Trinajstić information content (AvgIpc) is 2.83. The predicted molar refractivity (Wildman–Crippen MR) is 140 cm³/mol. The van der Waals surface area contributed by atoms with Crippen molar-refractivity contribution in [3.63, 3.8) is 0 Å². The van der Waals surface area contributed by atoms with Gasteiger partial charge in [0.1, 0.15) is 11.5 Å². The zero-order valence-corrected chi connectivity index (χ0v) is 19.9. The summed E-state index contributed by atoms with van der Waals surface area (Å²) < 4.78 is 6.04. The van der Waals surface area contributed by atoms with Crippen molar-refractivity contribution in [1.29, 1.82) is 0 Å². The maximum Gasteiger partial charge on any atom is 0.129 e. The number of hydrogen-bond acceptors (Lipinski definition) is 4. The van der Waals surface area contributed by atoms with Gasteiger partial charge in [-0.2, -0.15) is 0 Å². The minimum atomic E-state index is 0.702. The van der Waals surface area contributed by atoms with E-state index in [1.807, 2.05) is 42.5 Å². The monoisotopic (exact) mass is 445 g/mol. The Hall–Kier alpha value is -4.18. The minimum Gasteiger partial charge on any atom is -0.457 e. The van der Waals surface area contributed by atoms with Crippen LogP contribution >= 0.6 is 0 Å². The third-order valence-corrected chi connectivity index (χ3v) is 6.31. The molecule has 34 heavy (non-hydrogen) atoms. The molecule has 4 heteroatoms. The lowest BCUT2D eigenvalue weighted by Gasteiger charge is -2.14. The lowest BCUT2D eigenvalue weighted by Crippen LogP contribution is -1.97. The zero-order valence-electron chi connectivity index (χ0n) is 19.9. The standard InChI is InChI=1S/C30H27N3O/c1-18-5-7-22(15-20(18)3)29-30(23-8-6-19(2)21(4)16-23)33-28-17-26(13-14-27(28)32-29)34-25-11-9-24(31)10-12-25/h5-17H,31H2,1-4H3. The van der Waals surface area contributed by atoms with Crippen LogP contribution in [0.25, 0.3) is 33.5 Å². The van der Waals surface area contributed by atoms with E-state index in [1.54, 1.807) is 0 Å². The van der Waals surface area contributed by atoms with Crippen molar-refractivity contribution in [2.45, 2.75) is 27.7 Å². The molecule has 1 aromatic heterocycles. The van der Waals surface area contributed by atoms with E-state index in [0.29, 0.717) is 11.4 Å². The number of aryl methyl sites for hydroxylation is 4. The number of nitrogens with two attached hydrogens (primary N) is 1. The van der Waals surface area contributed by atoms with Gasteiger partial charge < -0.3 is 10.5 Å². The summed E-state index contributed by atoms with van der Waals surface area (Å²) in [5, 5.41) is 0. The van der Waals surface area contributed by atoms with Gasteiger partial charge in [-0.3, -0.25) is 0 Å². The first-order valence-corrected chi connectivity index (χ1v) is 11.4. The first-order valence-electron chi connectivity index (χ1n) is 11.4. The van der Waals surface area contributed by atoms with Gasteiger partial charge in [0.05, 0.1) is 22.4 Å². The van der Waals surface area contributed by atoms with Crippen molar-refractivity contribution < 1.29 is 4.74 Å². The van der Waals surface area contributed by atoms with Crippen molar-refractivity contribution in [2.75, 3.05) is 5.73 Å². The van der Waals surface area contributed by atoms with E-state index in [1.165, 1.54) is 22.3 Å². The summed E-state index contributed by atoms with van der Waals surface area (Å²) in [6.07, 6.45) is 0. The van der Waals surface area contributed by atoms with Crippen molar-refractivity contribution in [3.05, 3.63) is 101 Å². The molecule has 5 aromatic rings. The molecule has 0 atom stereocenters. The van der Waals surface area contributed by atoms with Gasteiger partial charge in [-0.1, -0.05) is 24.3 Å². The second-order valence-corrected chi connectivity index (χ2v) is 8.84. The van der Waals surface area contributed by atoms with Gasteiger partial charge in [-0.15, -0.1) is 0 Å². The van der Waals surface area contributed by atoms with Crippen LogP contribution in [0.4, 0.5) is 5.69 Å². The SMILES string of the molecule is Cc1ccc(-c2nc3ccc(Oc4ccc(N)cc4)cc3nc2-c2ccc(C)c(C)c2)cc1C. The Morgan fingerprint density at radius 1 is 0.529 bits per heavy atom. The number of nitrogens with zero attached hydrogens (tertiary/aromatic N) is 2. The summed E-state index contributed by atoms with van der Waals surface area (Å²) >= 11 is 0. The molecule has 4 nitrogen and oxygen atoms in total. The Morgan fingerprint density at radius 2 is 1.06 bits per heavy atom. The number of nitrogen functional groups attached to an aromatic ring is 1. The smallest absolute Gasteiger partial charge is 0.129 e.